The van der Waals surface area contributed by atoms with Gasteiger partial charge in [0.2, 0.25) is 5.91 Å². The fraction of sp³-hybridized carbons (Fsp3) is 0.438. The highest BCUT2D eigenvalue weighted by molar-refractivity contribution is 5.92. The summed E-state index contributed by atoms with van der Waals surface area (Å²) in [5.41, 5.74) is 7.70. The molecular weight excluding hydrogens is 236 g/mol. The molecule has 102 valence electrons. The molecule has 1 aromatic rings. The highest BCUT2D eigenvalue weighted by Crippen LogP contribution is 2.36. The molecule has 0 saturated heterocycles. The minimum absolute atomic E-state index is 0.0230. The lowest BCUT2D eigenvalue weighted by Crippen LogP contribution is -2.32. The summed E-state index contributed by atoms with van der Waals surface area (Å²) in [5, 5.41) is 3.06. The summed E-state index contributed by atoms with van der Waals surface area (Å²) in [6.45, 7) is 4.50. The smallest absolute Gasteiger partial charge is 0.244 e. The lowest BCUT2D eigenvalue weighted by Gasteiger charge is -2.17. The molecule has 1 aliphatic rings. The molecule has 1 unspecified atom stereocenters. The Morgan fingerprint density at radius 2 is 2.26 bits per heavy atom. The largest absolute Gasteiger partial charge is 0.399 e. The maximum Gasteiger partial charge on any atom is 0.244 e. The van der Waals surface area contributed by atoms with Crippen LogP contribution in [-0.4, -0.2) is 11.9 Å². The number of carbonyl (C=O) groups excluding carboxylic acids is 1. The van der Waals surface area contributed by atoms with Crippen LogP contribution in [0, 0.1) is 5.41 Å². The van der Waals surface area contributed by atoms with Crippen molar-refractivity contribution in [3.8, 4) is 0 Å². The molecule has 0 aliphatic heterocycles. The van der Waals surface area contributed by atoms with Crippen molar-refractivity contribution >= 4 is 17.7 Å². The fourth-order valence-corrected chi connectivity index (χ4v) is 2.64. The lowest BCUT2D eigenvalue weighted by molar-refractivity contribution is -0.117. The van der Waals surface area contributed by atoms with E-state index in [1.165, 1.54) is 6.42 Å². The van der Waals surface area contributed by atoms with E-state index in [4.69, 9.17) is 5.73 Å². The molecule has 1 aliphatic carbocycles. The molecular formula is C16H22N2O. The summed E-state index contributed by atoms with van der Waals surface area (Å²) in [7, 11) is 0. The topological polar surface area (TPSA) is 55.1 Å². The first-order valence-corrected chi connectivity index (χ1v) is 6.79. The molecule has 1 amide bonds. The minimum Gasteiger partial charge on any atom is -0.399 e. The van der Waals surface area contributed by atoms with Gasteiger partial charge in [-0.25, -0.2) is 0 Å². The number of rotatable bonds is 3. The van der Waals surface area contributed by atoms with E-state index in [1.807, 2.05) is 24.3 Å². The molecule has 0 spiro atoms. The maximum absolute atomic E-state index is 11.8. The van der Waals surface area contributed by atoms with Gasteiger partial charge in [0.1, 0.15) is 0 Å². The third-order valence-corrected chi connectivity index (χ3v) is 3.65. The summed E-state index contributed by atoms with van der Waals surface area (Å²) < 4.78 is 0. The normalized spacial score (nSPS) is 21.7. The number of hydrogen-bond acceptors (Lipinski definition) is 2. The molecule has 0 aromatic heterocycles. The van der Waals surface area contributed by atoms with E-state index in [2.05, 4.69) is 19.2 Å². The predicted octanol–water partition coefficient (Wildman–Crippen LogP) is 2.98. The van der Waals surface area contributed by atoms with Crippen molar-refractivity contribution < 1.29 is 4.79 Å². The number of benzene rings is 1. The van der Waals surface area contributed by atoms with Crippen molar-refractivity contribution in [2.45, 2.75) is 39.2 Å². The summed E-state index contributed by atoms with van der Waals surface area (Å²) in [6, 6.07) is 7.80. The van der Waals surface area contributed by atoms with Gasteiger partial charge in [-0.1, -0.05) is 26.0 Å². The zero-order chi connectivity index (χ0) is 13.9. The van der Waals surface area contributed by atoms with E-state index in [1.54, 1.807) is 12.2 Å². The fourth-order valence-electron chi connectivity index (χ4n) is 2.64. The first-order valence-electron chi connectivity index (χ1n) is 6.79. The van der Waals surface area contributed by atoms with Crippen LogP contribution in [0.1, 0.15) is 38.7 Å². The summed E-state index contributed by atoms with van der Waals surface area (Å²) in [4.78, 5) is 11.8. The molecule has 3 heteroatoms. The molecule has 1 atom stereocenters. The van der Waals surface area contributed by atoms with Crippen molar-refractivity contribution in [2.24, 2.45) is 5.41 Å². The maximum atomic E-state index is 11.8. The molecule has 0 heterocycles. The molecule has 3 N–H and O–H groups in total. The van der Waals surface area contributed by atoms with Crippen LogP contribution in [0.25, 0.3) is 6.08 Å². The predicted molar refractivity (Wildman–Crippen MR) is 79.5 cm³/mol. The molecule has 1 fully saturated rings. The second kappa shape index (κ2) is 5.47. The van der Waals surface area contributed by atoms with Crippen LogP contribution in [0.15, 0.2) is 30.3 Å². The first kappa shape index (κ1) is 13.7. The second-order valence-electron chi connectivity index (χ2n) is 6.12. The van der Waals surface area contributed by atoms with Gasteiger partial charge in [0.05, 0.1) is 0 Å². The van der Waals surface area contributed by atoms with Crippen LogP contribution in [0.2, 0.25) is 0 Å². The number of nitrogens with one attached hydrogen (secondary N) is 1. The second-order valence-corrected chi connectivity index (χ2v) is 6.12. The van der Waals surface area contributed by atoms with Gasteiger partial charge in [0.15, 0.2) is 0 Å². The van der Waals surface area contributed by atoms with Crippen LogP contribution >= 0.6 is 0 Å². The Morgan fingerprint density at radius 1 is 1.47 bits per heavy atom. The Kier molecular flexibility index (Phi) is 3.93. The van der Waals surface area contributed by atoms with Crippen molar-refractivity contribution in [3.63, 3.8) is 0 Å². The van der Waals surface area contributed by atoms with E-state index in [0.29, 0.717) is 17.1 Å². The zero-order valence-electron chi connectivity index (χ0n) is 11.6. The lowest BCUT2D eigenvalue weighted by atomic mass is 9.92. The van der Waals surface area contributed by atoms with E-state index in [9.17, 15) is 4.79 Å². The summed E-state index contributed by atoms with van der Waals surface area (Å²) >= 11 is 0. The van der Waals surface area contributed by atoms with Gasteiger partial charge in [-0.15, -0.1) is 0 Å². The van der Waals surface area contributed by atoms with Gasteiger partial charge in [0.25, 0.3) is 0 Å². The van der Waals surface area contributed by atoms with Crippen LogP contribution in [0.4, 0.5) is 5.69 Å². The van der Waals surface area contributed by atoms with E-state index < -0.39 is 0 Å². The van der Waals surface area contributed by atoms with E-state index in [-0.39, 0.29) is 5.91 Å². The van der Waals surface area contributed by atoms with Crippen molar-refractivity contribution in [2.75, 3.05) is 5.73 Å². The Balaban J connectivity index is 1.88. The number of hydrogen-bond donors (Lipinski definition) is 2. The van der Waals surface area contributed by atoms with Crippen LogP contribution < -0.4 is 11.1 Å². The molecule has 1 aromatic carbocycles. The Labute approximate surface area is 114 Å². The Bertz CT molecular complexity index is 491. The Hall–Kier alpha value is -1.77. The standard InChI is InChI=1S/C16H22N2O/c1-16(2)9-8-14(11-16)18-15(19)7-6-12-4-3-5-13(17)10-12/h3-7,10,14H,8-9,11,17H2,1-2H3,(H,18,19)/b7-6+. The minimum atomic E-state index is -0.0230. The van der Waals surface area contributed by atoms with Crippen LogP contribution in [-0.2, 0) is 4.79 Å². The molecule has 0 bridgehead atoms. The number of amides is 1. The van der Waals surface area contributed by atoms with Gasteiger partial charge < -0.3 is 11.1 Å². The average molecular weight is 258 g/mol. The van der Waals surface area contributed by atoms with Gasteiger partial charge in [-0.05, 0) is 48.4 Å². The quantitative estimate of drug-likeness (QED) is 0.647. The van der Waals surface area contributed by atoms with Gasteiger partial charge in [-0.2, -0.15) is 0 Å². The SMILES string of the molecule is CC1(C)CCC(NC(=O)/C=C/c2cccc(N)c2)C1. The monoisotopic (exact) mass is 258 g/mol. The van der Waals surface area contributed by atoms with Crippen LogP contribution in [0.3, 0.4) is 0 Å². The number of nitrogen functional groups attached to an aromatic ring is 1. The highest BCUT2D eigenvalue weighted by Gasteiger charge is 2.31. The number of nitrogens with two attached hydrogens (primary N) is 1. The highest BCUT2D eigenvalue weighted by atomic mass is 16.1. The number of carbonyl (C=O) groups is 1. The van der Waals surface area contributed by atoms with Gasteiger partial charge in [0, 0.05) is 17.8 Å². The molecule has 1 saturated carbocycles. The molecule has 3 nitrogen and oxygen atoms in total. The van der Waals surface area contributed by atoms with E-state index >= 15 is 0 Å². The molecule has 2 rings (SSSR count). The van der Waals surface area contributed by atoms with Gasteiger partial charge >= 0.3 is 0 Å². The average Bonchev–Trinajstić information content (AvgIpc) is 2.66. The summed E-state index contributed by atoms with van der Waals surface area (Å²) in [5.74, 6) is -0.0230. The molecule has 0 radical (unpaired) electrons. The van der Waals surface area contributed by atoms with Crippen molar-refractivity contribution in [1.29, 1.82) is 0 Å². The number of anilines is 1. The van der Waals surface area contributed by atoms with Crippen molar-refractivity contribution in [1.82, 2.24) is 5.32 Å². The zero-order valence-corrected chi connectivity index (χ0v) is 11.6. The van der Waals surface area contributed by atoms with Gasteiger partial charge in [-0.3, -0.25) is 4.79 Å². The molecule has 19 heavy (non-hydrogen) atoms. The van der Waals surface area contributed by atoms with Crippen molar-refractivity contribution in [3.05, 3.63) is 35.9 Å². The van der Waals surface area contributed by atoms with Crippen LogP contribution in [0.5, 0.6) is 0 Å². The Morgan fingerprint density at radius 3 is 2.89 bits per heavy atom. The summed E-state index contributed by atoms with van der Waals surface area (Å²) in [6.07, 6.45) is 6.69. The third-order valence-electron chi connectivity index (χ3n) is 3.65. The first-order chi connectivity index (χ1) is 8.94. The third kappa shape index (κ3) is 4.12. The van der Waals surface area contributed by atoms with E-state index in [0.717, 1.165) is 18.4 Å².